The molecule has 0 saturated heterocycles. The van der Waals surface area contributed by atoms with Gasteiger partial charge in [-0.15, -0.1) is 0 Å². The molecule has 0 unspecified atom stereocenters. The molecule has 0 aliphatic heterocycles. The van der Waals surface area contributed by atoms with E-state index in [1.54, 1.807) is 12.3 Å². The lowest BCUT2D eigenvalue weighted by atomic mass is 10.1. The van der Waals surface area contributed by atoms with E-state index in [-0.39, 0.29) is 5.82 Å². The predicted molar refractivity (Wildman–Crippen MR) is 49.8 cm³/mol. The van der Waals surface area contributed by atoms with Crippen LogP contribution in [0.15, 0.2) is 30.1 Å². The maximum atomic E-state index is 12.8. The molecule has 1 aliphatic rings. The number of nitrogens with zero attached hydrogens (tertiary/aromatic N) is 1. The molecule has 13 heavy (non-hydrogen) atoms. The lowest BCUT2D eigenvalue weighted by Gasteiger charge is -2.01. The van der Waals surface area contributed by atoms with Gasteiger partial charge in [-0.05, 0) is 37.3 Å². The summed E-state index contributed by atoms with van der Waals surface area (Å²) in [6.07, 6.45) is 9.69. The van der Waals surface area contributed by atoms with Gasteiger partial charge in [-0.25, -0.2) is 4.39 Å². The molecule has 0 fully saturated rings. The number of hydrogen-bond acceptors (Lipinski definition) is 1. The normalized spacial score (nSPS) is 15.9. The second-order valence-electron chi connectivity index (χ2n) is 3.44. The smallest absolute Gasteiger partial charge is 0.141 e. The van der Waals surface area contributed by atoms with Crippen LogP contribution in [0.1, 0.15) is 24.8 Å². The van der Waals surface area contributed by atoms with Crippen molar-refractivity contribution >= 4 is 0 Å². The van der Waals surface area contributed by atoms with Gasteiger partial charge in [-0.1, -0.05) is 11.6 Å². The summed E-state index contributed by atoms with van der Waals surface area (Å²) in [5, 5.41) is 0. The van der Waals surface area contributed by atoms with Crippen LogP contribution in [0.3, 0.4) is 0 Å². The van der Waals surface area contributed by atoms with Crippen molar-refractivity contribution < 1.29 is 4.39 Å². The fourth-order valence-electron chi connectivity index (χ4n) is 1.71. The Bertz CT molecular complexity index is 331. The molecule has 0 amide bonds. The summed E-state index contributed by atoms with van der Waals surface area (Å²) < 4.78 is 12.8. The van der Waals surface area contributed by atoms with Crippen molar-refractivity contribution in [3.8, 4) is 0 Å². The molecule has 2 heteroatoms. The van der Waals surface area contributed by atoms with Gasteiger partial charge in [0.15, 0.2) is 0 Å². The largest absolute Gasteiger partial charge is 0.261 e. The first-order valence-corrected chi connectivity index (χ1v) is 4.62. The van der Waals surface area contributed by atoms with Gasteiger partial charge in [-0.2, -0.15) is 0 Å². The van der Waals surface area contributed by atoms with Crippen molar-refractivity contribution in [3.05, 3.63) is 41.5 Å². The van der Waals surface area contributed by atoms with Gasteiger partial charge in [-0.3, -0.25) is 4.98 Å². The van der Waals surface area contributed by atoms with E-state index in [1.165, 1.54) is 24.6 Å². The van der Waals surface area contributed by atoms with Crippen LogP contribution in [0.2, 0.25) is 0 Å². The third kappa shape index (κ3) is 2.14. The molecule has 0 N–H and O–H groups in total. The first kappa shape index (κ1) is 8.42. The Kier molecular flexibility index (Phi) is 2.39. The molecule has 0 aromatic carbocycles. The van der Waals surface area contributed by atoms with Crippen LogP contribution in [0, 0.1) is 5.82 Å². The Morgan fingerprint density at radius 1 is 1.38 bits per heavy atom. The Balaban J connectivity index is 2.09. The summed E-state index contributed by atoms with van der Waals surface area (Å²) in [6.45, 7) is 0. The topological polar surface area (TPSA) is 12.9 Å². The van der Waals surface area contributed by atoms with Crippen LogP contribution >= 0.6 is 0 Å². The molecular weight excluding hydrogens is 165 g/mol. The lowest BCUT2D eigenvalue weighted by Crippen LogP contribution is -1.90. The third-order valence-electron chi connectivity index (χ3n) is 2.33. The molecule has 1 heterocycles. The molecule has 1 aromatic heterocycles. The van der Waals surface area contributed by atoms with E-state index in [0.29, 0.717) is 0 Å². The van der Waals surface area contributed by atoms with Crippen LogP contribution in [-0.2, 0) is 6.42 Å². The van der Waals surface area contributed by atoms with Crippen LogP contribution in [0.5, 0.6) is 0 Å². The molecule has 1 aromatic rings. The van der Waals surface area contributed by atoms with Gasteiger partial charge in [0.05, 0.1) is 6.20 Å². The van der Waals surface area contributed by atoms with Crippen molar-refractivity contribution in [2.45, 2.75) is 25.7 Å². The van der Waals surface area contributed by atoms with Crippen LogP contribution in [0.25, 0.3) is 0 Å². The molecule has 0 radical (unpaired) electrons. The molecule has 0 bridgehead atoms. The first-order valence-electron chi connectivity index (χ1n) is 4.62. The highest BCUT2D eigenvalue weighted by atomic mass is 19.1. The second kappa shape index (κ2) is 3.69. The van der Waals surface area contributed by atoms with E-state index in [0.717, 1.165) is 18.4 Å². The zero-order valence-electron chi connectivity index (χ0n) is 7.46. The maximum absolute atomic E-state index is 12.8. The summed E-state index contributed by atoms with van der Waals surface area (Å²) in [6, 6.07) is 1.56. The van der Waals surface area contributed by atoms with Crippen molar-refractivity contribution in [3.63, 3.8) is 0 Å². The highest BCUT2D eigenvalue weighted by Crippen LogP contribution is 2.21. The third-order valence-corrected chi connectivity index (χ3v) is 2.33. The van der Waals surface area contributed by atoms with Crippen LogP contribution in [-0.4, -0.2) is 4.98 Å². The van der Waals surface area contributed by atoms with Gasteiger partial charge < -0.3 is 0 Å². The Hall–Kier alpha value is -1.18. The fourth-order valence-corrected chi connectivity index (χ4v) is 1.71. The summed E-state index contributed by atoms with van der Waals surface area (Å²) in [4.78, 5) is 3.82. The maximum Gasteiger partial charge on any atom is 0.141 e. The minimum atomic E-state index is -0.240. The zero-order chi connectivity index (χ0) is 9.10. The Morgan fingerprint density at radius 2 is 2.31 bits per heavy atom. The van der Waals surface area contributed by atoms with E-state index in [9.17, 15) is 4.39 Å². The summed E-state index contributed by atoms with van der Waals surface area (Å²) in [7, 11) is 0. The minimum absolute atomic E-state index is 0.240. The predicted octanol–water partition coefficient (Wildman–Crippen LogP) is 2.87. The molecule has 2 rings (SSSR count). The number of aromatic nitrogens is 1. The number of hydrogen-bond donors (Lipinski definition) is 0. The average molecular weight is 177 g/mol. The first-order chi connectivity index (χ1) is 6.34. The van der Waals surface area contributed by atoms with E-state index in [1.807, 2.05) is 0 Å². The van der Waals surface area contributed by atoms with Crippen LogP contribution < -0.4 is 0 Å². The van der Waals surface area contributed by atoms with E-state index in [4.69, 9.17) is 0 Å². The second-order valence-corrected chi connectivity index (χ2v) is 3.44. The molecule has 1 aliphatic carbocycles. The van der Waals surface area contributed by atoms with Crippen molar-refractivity contribution in [1.29, 1.82) is 0 Å². The number of rotatable bonds is 2. The number of halogens is 1. The number of allylic oxidation sites excluding steroid dienone is 2. The highest BCUT2D eigenvalue weighted by Gasteiger charge is 2.05. The monoisotopic (exact) mass is 177 g/mol. The number of pyridine rings is 1. The molecule has 0 spiro atoms. The Labute approximate surface area is 77.3 Å². The van der Waals surface area contributed by atoms with E-state index < -0.39 is 0 Å². The van der Waals surface area contributed by atoms with Gasteiger partial charge in [0, 0.05) is 6.20 Å². The zero-order valence-corrected chi connectivity index (χ0v) is 7.46. The van der Waals surface area contributed by atoms with E-state index >= 15 is 0 Å². The average Bonchev–Trinajstić information content (AvgIpc) is 2.57. The molecule has 1 nitrogen and oxygen atoms in total. The van der Waals surface area contributed by atoms with Gasteiger partial charge in [0.25, 0.3) is 0 Å². The molecular formula is C11H12FN. The van der Waals surface area contributed by atoms with Gasteiger partial charge in [0.1, 0.15) is 5.82 Å². The summed E-state index contributed by atoms with van der Waals surface area (Å²) in [5.74, 6) is -0.240. The molecule has 0 saturated carbocycles. The van der Waals surface area contributed by atoms with Crippen LogP contribution in [0.4, 0.5) is 4.39 Å². The highest BCUT2D eigenvalue weighted by molar-refractivity contribution is 5.21. The van der Waals surface area contributed by atoms with Crippen molar-refractivity contribution in [1.82, 2.24) is 4.98 Å². The summed E-state index contributed by atoms with van der Waals surface area (Å²) in [5.41, 5.74) is 2.40. The standard InChI is InChI=1S/C11H12FN/c12-11-6-10(7-13-8-11)5-9-3-1-2-4-9/h3,6-8H,1-2,4-5H2. The molecule has 0 atom stereocenters. The summed E-state index contributed by atoms with van der Waals surface area (Å²) >= 11 is 0. The SMILES string of the molecule is Fc1cncc(CC2=CCCC2)c1. The Morgan fingerprint density at radius 3 is 3.00 bits per heavy atom. The van der Waals surface area contributed by atoms with Crippen molar-refractivity contribution in [2.75, 3.05) is 0 Å². The minimum Gasteiger partial charge on any atom is -0.261 e. The van der Waals surface area contributed by atoms with Crippen molar-refractivity contribution in [2.24, 2.45) is 0 Å². The molecule has 68 valence electrons. The fraction of sp³-hybridized carbons (Fsp3) is 0.364. The van der Waals surface area contributed by atoms with Gasteiger partial charge >= 0.3 is 0 Å². The lowest BCUT2D eigenvalue weighted by molar-refractivity contribution is 0.619. The van der Waals surface area contributed by atoms with E-state index in [2.05, 4.69) is 11.1 Å². The quantitative estimate of drug-likeness (QED) is 0.633. The van der Waals surface area contributed by atoms with Gasteiger partial charge in [0.2, 0.25) is 0 Å².